The van der Waals surface area contributed by atoms with Gasteiger partial charge in [-0.05, 0) is 25.7 Å². The Labute approximate surface area is 132 Å². The zero-order valence-electron chi connectivity index (χ0n) is 13.8. The first kappa shape index (κ1) is 15.3. The van der Waals surface area contributed by atoms with Crippen molar-refractivity contribution in [2.75, 3.05) is 33.9 Å². The number of carbonyl (C=O) groups excluding carboxylic acids is 1. The van der Waals surface area contributed by atoms with E-state index in [1.807, 2.05) is 18.2 Å². The zero-order chi connectivity index (χ0) is 15.7. The molecule has 1 aromatic heterocycles. The van der Waals surface area contributed by atoms with E-state index in [0.29, 0.717) is 26.3 Å². The minimum absolute atomic E-state index is 0.0453. The quantitative estimate of drug-likeness (QED) is 0.835. The standard InChI is InChI=1S/C16H26N4O2/c1-4-22-10-13-8-19(16(21)18(2)3)9-14-15(13)20(11-17-14)7-12-5-6-12/h11-13H,4-10H2,1-3H3. The van der Waals surface area contributed by atoms with Crippen molar-refractivity contribution < 1.29 is 9.53 Å². The molecule has 0 spiro atoms. The van der Waals surface area contributed by atoms with Gasteiger partial charge in [0.2, 0.25) is 0 Å². The molecule has 1 aromatic rings. The highest BCUT2D eigenvalue weighted by Crippen LogP contribution is 2.34. The summed E-state index contributed by atoms with van der Waals surface area (Å²) in [5, 5.41) is 0. The summed E-state index contributed by atoms with van der Waals surface area (Å²) in [6.45, 7) is 5.73. The molecule has 3 rings (SSSR count). The molecule has 2 amide bonds. The Morgan fingerprint density at radius 1 is 1.45 bits per heavy atom. The lowest BCUT2D eigenvalue weighted by molar-refractivity contribution is 0.104. The fraction of sp³-hybridized carbons (Fsp3) is 0.750. The van der Waals surface area contributed by atoms with Crippen LogP contribution in [0.2, 0.25) is 0 Å². The number of imidazole rings is 1. The topological polar surface area (TPSA) is 50.6 Å². The highest BCUT2D eigenvalue weighted by molar-refractivity contribution is 5.74. The van der Waals surface area contributed by atoms with Gasteiger partial charge in [0, 0.05) is 45.4 Å². The van der Waals surface area contributed by atoms with Gasteiger partial charge in [-0.1, -0.05) is 0 Å². The van der Waals surface area contributed by atoms with Gasteiger partial charge in [0.1, 0.15) is 0 Å². The first-order chi connectivity index (χ1) is 10.6. The van der Waals surface area contributed by atoms with Gasteiger partial charge >= 0.3 is 6.03 Å². The molecule has 122 valence electrons. The van der Waals surface area contributed by atoms with Gasteiger partial charge in [-0.15, -0.1) is 0 Å². The number of aromatic nitrogens is 2. The maximum Gasteiger partial charge on any atom is 0.319 e. The molecular formula is C16H26N4O2. The van der Waals surface area contributed by atoms with Gasteiger partial charge < -0.3 is 19.1 Å². The van der Waals surface area contributed by atoms with Gasteiger partial charge in [0.05, 0.1) is 25.2 Å². The molecule has 0 radical (unpaired) electrons. The van der Waals surface area contributed by atoms with Crippen LogP contribution in [-0.4, -0.2) is 59.2 Å². The Morgan fingerprint density at radius 2 is 2.23 bits per heavy atom. The predicted octanol–water partition coefficient (Wildman–Crippen LogP) is 1.91. The summed E-state index contributed by atoms with van der Waals surface area (Å²) < 4.78 is 7.97. The van der Waals surface area contributed by atoms with Crippen molar-refractivity contribution in [3.05, 3.63) is 17.7 Å². The molecule has 0 bridgehead atoms. The van der Waals surface area contributed by atoms with E-state index in [-0.39, 0.29) is 11.9 Å². The van der Waals surface area contributed by atoms with Gasteiger partial charge in [0.25, 0.3) is 0 Å². The molecule has 1 fully saturated rings. The maximum atomic E-state index is 12.3. The fourth-order valence-electron chi connectivity index (χ4n) is 3.17. The van der Waals surface area contributed by atoms with E-state index in [4.69, 9.17) is 4.74 Å². The van der Waals surface area contributed by atoms with Crippen molar-refractivity contribution in [2.45, 2.75) is 38.8 Å². The van der Waals surface area contributed by atoms with Crippen molar-refractivity contribution in [1.29, 1.82) is 0 Å². The third kappa shape index (κ3) is 3.11. The molecular weight excluding hydrogens is 280 g/mol. The molecule has 1 saturated carbocycles. The van der Waals surface area contributed by atoms with Crippen LogP contribution in [0.5, 0.6) is 0 Å². The number of ether oxygens (including phenoxy) is 1. The number of hydrogen-bond acceptors (Lipinski definition) is 3. The third-order valence-corrected chi connectivity index (χ3v) is 4.45. The van der Waals surface area contributed by atoms with E-state index in [1.165, 1.54) is 18.5 Å². The van der Waals surface area contributed by atoms with Crippen molar-refractivity contribution >= 4 is 6.03 Å². The SMILES string of the molecule is CCOCC1CN(C(=O)N(C)C)Cc2ncn(CC3CC3)c21. The molecule has 1 unspecified atom stereocenters. The second-order valence-electron chi connectivity index (χ2n) is 6.59. The minimum atomic E-state index is 0.0453. The van der Waals surface area contributed by atoms with Crippen LogP contribution in [0.4, 0.5) is 4.79 Å². The zero-order valence-corrected chi connectivity index (χ0v) is 13.8. The number of carbonyl (C=O) groups is 1. The van der Waals surface area contributed by atoms with Gasteiger partial charge in [-0.2, -0.15) is 0 Å². The first-order valence-electron chi connectivity index (χ1n) is 8.18. The smallest absolute Gasteiger partial charge is 0.319 e. The van der Waals surface area contributed by atoms with Crippen LogP contribution in [0.25, 0.3) is 0 Å². The van der Waals surface area contributed by atoms with Crippen LogP contribution >= 0.6 is 0 Å². The molecule has 0 saturated heterocycles. The van der Waals surface area contributed by atoms with E-state index in [1.54, 1.807) is 19.0 Å². The van der Waals surface area contributed by atoms with E-state index in [0.717, 1.165) is 18.2 Å². The van der Waals surface area contributed by atoms with Crippen molar-refractivity contribution in [2.24, 2.45) is 5.92 Å². The predicted molar refractivity (Wildman–Crippen MR) is 83.7 cm³/mol. The summed E-state index contributed by atoms with van der Waals surface area (Å²) in [5.74, 6) is 1.03. The monoisotopic (exact) mass is 306 g/mol. The molecule has 6 heteroatoms. The highest BCUT2D eigenvalue weighted by atomic mass is 16.5. The van der Waals surface area contributed by atoms with E-state index < -0.39 is 0 Å². The number of urea groups is 1. The molecule has 22 heavy (non-hydrogen) atoms. The second-order valence-corrected chi connectivity index (χ2v) is 6.59. The molecule has 0 aromatic carbocycles. The van der Waals surface area contributed by atoms with E-state index in [2.05, 4.69) is 9.55 Å². The fourth-order valence-corrected chi connectivity index (χ4v) is 3.17. The maximum absolute atomic E-state index is 12.3. The number of amides is 2. The third-order valence-electron chi connectivity index (χ3n) is 4.45. The molecule has 1 aliphatic heterocycles. The average molecular weight is 306 g/mol. The van der Waals surface area contributed by atoms with E-state index in [9.17, 15) is 4.79 Å². The Bertz CT molecular complexity index is 536. The number of hydrogen-bond donors (Lipinski definition) is 0. The van der Waals surface area contributed by atoms with Crippen LogP contribution in [0.1, 0.15) is 37.1 Å². The Balaban J connectivity index is 1.83. The molecule has 1 atom stereocenters. The van der Waals surface area contributed by atoms with Crippen LogP contribution in [0.15, 0.2) is 6.33 Å². The number of rotatable bonds is 5. The van der Waals surface area contributed by atoms with Crippen molar-refractivity contribution in [3.8, 4) is 0 Å². The van der Waals surface area contributed by atoms with Gasteiger partial charge in [-0.25, -0.2) is 9.78 Å². The molecule has 1 aliphatic carbocycles. The Hall–Kier alpha value is -1.56. The van der Waals surface area contributed by atoms with Gasteiger partial charge in [0.15, 0.2) is 0 Å². The normalized spacial score (nSPS) is 20.9. The molecule has 6 nitrogen and oxygen atoms in total. The molecule has 2 heterocycles. The van der Waals surface area contributed by atoms with Crippen molar-refractivity contribution in [1.82, 2.24) is 19.4 Å². The van der Waals surface area contributed by atoms with Gasteiger partial charge in [-0.3, -0.25) is 0 Å². The molecule has 2 aliphatic rings. The Kier molecular flexibility index (Phi) is 4.38. The summed E-state index contributed by atoms with van der Waals surface area (Å²) in [7, 11) is 3.59. The summed E-state index contributed by atoms with van der Waals surface area (Å²) in [5.41, 5.74) is 2.31. The largest absolute Gasteiger partial charge is 0.381 e. The summed E-state index contributed by atoms with van der Waals surface area (Å²) in [6, 6.07) is 0.0453. The number of nitrogens with zero attached hydrogens (tertiary/aromatic N) is 4. The molecule has 0 N–H and O–H groups in total. The average Bonchev–Trinajstić information content (AvgIpc) is 3.23. The van der Waals surface area contributed by atoms with Crippen LogP contribution in [-0.2, 0) is 17.8 Å². The second kappa shape index (κ2) is 6.28. The highest BCUT2D eigenvalue weighted by Gasteiger charge is 2.34. The summed E-state index contributed by atoms with van der Waals surface area (Å²) >= 11 is 0. The van der Waals surface area contributed by atoms with Crippen LogP contribution in [0, 0.1) is 5.92 Å². The van der Waals surface area contributed by atoms with E-state index >= 15 is 0 Å². The van der Waals surface area contributed by atoms with Crippen LogP contribution in [0.3, 0.4) is 0 Å². The lowest BCUT2D eigenvalue weighted by Crippen LogP contribution is -2.44. The lowest BCUT2D eigenvalue weighted by Gasteiger charge is -2.34. The lowest BCUT2D eigenvalue weighted by atomic mass is 9.99. The van der Waals surface area contributed by atoms with Crippen LogP contribution < -0.4 is 0 Å². The van der Waals surface area contributed by atoms with Crippen molar-refractivity contribution in [3.63, 3.8) is 0 Å². The number of fused-ring (bicyclic) bond motifs is 1. The summed E-state index contributed by atoms with van der Waals surface area (Å²) in [4.78, 5) is 20.4. The minimum Gasteiger partial charge on any atom is -0.381 e. The first-order valence-corrected chi connectivity index (χ1v) is 8.18. The Morgan fingerprint density at radius 3 is 2.86 bits per heavy atom. The summed E-state index contributed by atoms with van der Waals surface area (Å²) in [6.07, 6.45) is 4.61.